The minimum Gasteiger partial charge on any atom is -0.352 e. The zero-order valence-corrected chi connectivity index (χ0v) is 24.3. The molecule has 0 spiro atoms. The zero-order chi connectivity index (χ0) is 27.9. The SMILES string of the molecule is Cc1ccc(CN(C(=O)CCCN(c2ccc(C)c(C)c2)S(C)(=O)=O)C(C)C(=O)NC2CCCCC2)cc1. The van der Waals surface area contributed by atoms with Crippen molar-refractivity contribution >= 4 is 27.5 Å². The molecule has 1 fully saturated rings. The summed E-state index contributed by atoms with van der Waals surface area (Å²) < 4.78 is 26.5. The molecule has 0 aromatic heterocycles. The predicted molar refractivity (Wildman–Crippen MR) is 154 cm³/mol. The van der Waals surface area contributed by atoms with Gasteiger partial charge in [0.2, 0.25) is 21.8 Å². The van der Waals surface area contributed by atoms with Crippen LogP contribution in [0.1, 0.15) is 74.1 Å². The molecule has 0 aliphatic heterocycles. The Morgan fingerprint density at radius 1 is 0.974 bits per heavy atom. The van der Waals surface area contributed by atoms with E-state index in [1.54, 1.807) is 17.9 Å². The Balaban J connectivity index is 1.72. The van der Waals surface area contributed by atoms with Gasteiger partial charge in [-0.1, -0.05) is 55.2 Å². The molecule has 2 aromatic carbocycles. The van der Waals surface area contributed by atoms with Gasteiger partial charge in [-0.2, -0.15) is 0 Å². The molecule has 0 saturated heterocycles. The van der Waals surface area contributed by atoms with Crippen LogP contribution in [0.15, 0.2) is 42.5 Å². The molecule has 0 heterocycles. The summed E-state index contributed by atoms with van der Waals surface area (Å²) in [5, 5.41) is 3.15. The van der Waals surface area contributed by atoms with Crippen molar-refractivity contribution in [2.75, 3.05) is 17.1 Å². The van der Waals surface area contributed by atoms with Crippen LogP contribution in [0.3, 0.4) is 0 Å². The van der Waals surface area contributed by atoms with Crippen LogP contribution in [0.2, 0.25) is 0 Å². The Morgan fingerprint density at radius 2 is 1.63 bits per heavy atom. The van der Waals surface area contributed by atoms with Gasteiger partial charge in [-0.05, 0) is 75.8 Å². The molecular weight excluding hydrogens is 498 g/mol. The quantitative estimate of drug-likeness (QED) is 0.433. The predicted octanol–water partition coefficient (Wildman–Crippen LogP) is 5.02. The van der Waals surface area contributed by atoms with Crippen molar-refractivity contribution < 1.29 is 18.0 Å². The van der Waals surface area contributed by atoms with E-state index in [1.807, 2.05) is 57.2 Å². The lowest BCUT2D eigenvalue weighted by Gasteiger charge is -2.31. The third-order valence-corrected chi connectivity index (χ3v) is 8.72. The largest absolute Gasteiger partial charge is 0.352 e. The number of aryl methyl sites for hydroxylation is 3. The lowest BCUT2D eigenvalue weighted by atomic mass is 9.95. The van der Waals surface area contributed by atoms with Crippen molar-refractivity contribution in [2.45, 2.75) is 91.3 Å². The highest BCUT2D eigenvalue weighted by molar-refractivity contribution is 7.92. The third-order valence-electron chi connectivity index (χ3n) is 7.52. The minimum absolute atomic E-state index is 0.134. The molecule has 1 unspecified atom stereocenters. The first kappa shape index (κ1) is 29.7. The number of rotatable bonds is 11. The van der Waals surface area contributed by atoms with Crippen LogP contribution >= 0.6 is 0 Å². The van der Waals surface area contributed by atoms with E-state index in [-0.39, 0.29) is 30.8 Å². The average Bonchev–Trinajstić information content (AvgIpc) is 2.87. The van der Waals surface area contributed by atoms with E-state index in [2.05, 4.69) is 5.32 Å². The van der Waals surface area contributed by atoms with E-state index in [9.17, 15) is 18.0 Å². The fourth-order valence-electron chi connectivity index (χ4n) is 4.93. The van der Waals surface area contributed by atoms with Crippen LogP contribution in [-0.2, 0) is 26.2 Å². The molecule has 7 nitrogen and oxygen atoms in total. The van der Waals surface area contributed by atoms with Gasteiger partial charge >= 0.3 is 0 Å². The summed E-state index contributed by atoms with van der Waals surface area (Å²) in [4.78, 5) is 28.3. The molecule has 0 radical (unpaired) electrons. The summed E-state index contributed by atoms with van der Waals surface area (Å²) in [6.45, 7) is 8.24. The third kappa shape index (κ3) is 8.32. The van der Waals surface area contributed by atoms with Crippen LogP contribution in [0.25, 0.3) is 0 Å². The van der Waals surface area contributed by atoms with Crippen molar-refractivity contribution in [3.05, 3.63) is 64.7 Å². The Morgan fingerprint density at radius 3 is 2.24 bits per heavy atom. The highest BCUT2D eigenvalue weighted by Crippen LogP contribution is 2.23. The second kappa shape index (κ2) is 13.3. The Bertz CT molecular complexity index is 1200. The maximum atomic E-state index is 13.5. The number of benzene rings is 2. The van der Waals surface area contributed by atoms with Crippen molar-refractivity contribution in [1.29, 1.82) is 0 Å². The van der Waals surface area contributed by atoms with Crippen LogP contribution in [0.4, 0.5) is 5.69 Å². The highest BCUT2D eigenvalue weighted by atomic mass is 32.2. The van der Waals surface area contributed by atoms with Gasteiger partial charge in [-0.15, -0.1) is 0 Å². The van der Waals surface area contributed by atoms with Crippen LogP contribution in [0.5, 0.6) is 0 Å². The number of carbonyl (C=O) groups is 2. The Labute approximate surface area is 228 Å². The van der Waals surface area contributed by atoms with E-state index in [0.29, 0.717) is 18.7 Å². The van der Waals surface area contributed by atoms with Crippen molar-refractivity contribution in [3.63, 3.8) is 0 Å². The average molecular weight is 542 g/mol. The molecule has 208 valence electrons. The number of hydrogen-bond acceptors (Lipinski definition) is 4. The summed E-state index contributed by atoms with van der Waals surface area (Å²) in [7, 11) is -3.52. The second-order valence-corrected chi connectivity index (χ2v) is 12.6. The molecule has 1 saturated carbocycles. The number of amides is 2. The topological polar surface area (TPSA) is 86.8 Å². The molecule has 1 aliphatic rings. The second-order valence-electron chi connectivity index (χ2n) is 10.7. The molecule has 1 N–H and O–H groups in total. The van der Waals surface area contributed by atoms with Crippen molar-refractivity contribution in [3.8, 4) is 0 Å². The van der Waals surface area contributed by atoms with Crippen LogP contribution in [0, 0.1) is 20.8 Å². The lowest BCUT2D eigenvalue weighted by molar-refractivity contribution is -0.141. The summed E-state index contributed by atoms with van der Waals surface area (Å²) in [5.41, 5.74) is 4.77. The molecule has 1 atom stereocenters. The van der Waals surface area contributed by atoms with Gasteiger partial charge in [-0.25, -0.2) is 8.42 Å². The van der Waals surface area contributed by atoms with Crippen molar-refractivity contribution in [1.82, 2.24) is 10.2 Å². The van der Waals surface area contributed by atoms with Crippen LogP contribution in [-0.4, -0.2) is 50.0 Å². The van der Waals surface area contributed by atoms with E-state index >= 15 is 0 Å². The molecule has 3 rings (SSSR count). The first-order valence-corrected chi connectivity index (χ1v) is 15.5. The standard InChI is InChI=1S/C30H43N3O4S/c1-22-13-16-26(17-14-22)21-32(25(4)30(35)31-27-10-7-6-8-11-27)29(34)12-9-19-33(38(5,36)37)28-18-15-23(2)24(3)20-28/h13-18,20,25,27H,6-12,19,21H2,1-5H3,(H,31,35). The monoisotopic (exact) mass is 541 g/mol. The number of nitrogens with one attached hydrogen (secondary N) is 1. The number of sulfonamides is 1. The summed E-state index contributed by atoms with van der Waals surface area (Å²) in [6, 6.07) is 13.1. The molecular formula is C30H43N3O4S. The fraction of sp³-hybridized carbons (Fsp3) is 0.533. The van der Waals surface area contributed by atoms with E-state index in [1.165, 1.54) is 17.0 Å². The van der Waals surface area contributed by atoms with E-state index < -0.39 is 16.1 Å². The summed E-state index contributed by atoms with van der Waals surface area (Å²) >= 11 is 0. The number of carbonyl (C=O) groups excluding carboxylic acids is 2. The maximum Gasteiger partial charge on any atom is 0.242 e. The molecule has 1 aliphatic carbocycles. The summed E-state index contributed by atoms with van der Waals surface area (Å²) in [6.07, 6.45) is 7.06. The maximum absolute atomic E-state index is 13.5. The van der Waals surface area contributed by atoms with Gasteiger partial charge in [0.15, 0.2) is 0 Å². The van der Waals surface area contributed by atoms with Gasteiger partial charge in [0.1, 0.15) is 6.04 Å². The van der Waals surface area contributed by atoms with Gasteiger partial charge in [0.05, 0.1) is 11.9 Å². The molecule has 2 amide bonds. The van der Waals surface area contributed by atoms with Gasteiger partial charge in [-0.3, -0.25) is 13.9 Å². The lowest BCUT2D eigenvalue weighted by Crippen LogP contribution is -2.50. The van der Waals surface area contributed by atoms with E-state index in [4.69, 9.17) is 0 Å². The molecule has 8 heteroatoms. The Kier molecular flexibility index (Phi) is 10.4. The number of hydrogen-bond donors (Lipinski definition) is 1. The number of nitrogens with zero attached hydrogens (tertiary/aromatic N) is 2. The minimum atomic E-state index is -3.52. The Hall–Kier alpha value is -2.87. The highest BCUT2D eigenvalue weighted by Gasteiger charge is 2.28. The van der Waals surface area contributed by atoms with Gasteiger partial charge in [0.25, 0.3) is 0 Å². The van der Waals surface area contributed by atoms with Gasteiger partial charge in [0, 0.05) is 25.6 Å². The zero-order valence-electron chi connectivity index (χ0n) is 23.5. The molecule has 38 heavy (non-hydrogen) atoms. The fourth-order valence-corrected chi connectivity index (χ4v) is 5.88. The van der Waals surface area contributed by atoms with E-state index in [0.717, 1.165) is 47.9 Å². The first-order valence-electron chi connectivity index (χ1n) is 13.7. The molecule has 0 bridgehead atoms. The first-order chi connectivity index (χ1) is 18.0. The smallest absolute Gasteiger partial charge is 0.242 e. The van der Waals surface area contributed by atoms with Crippen molar-refractivity contribution in [2.24, 2.45) is 0 Å². The van der Waals surface area contributed by atoms with Crippen LogP contribution < -0.4 is 9.62 Å². The van der Waals surface area contributed by atoms with Gasteiger partial charge < -0.3 is 10.2 Å². The normalized spacial score (nSPS) is 15.1. The number of anilines is 1. The molecule has 2 aromatic rings. The summed E-state index contributed by atoms with van der Waals surface area (Å²) in [5.74, 6) is -0.296.